The molecule has 0 unspecified atom stereocenters. The Hall–Kier alpha value is -6.16. The number of para-hydroxylation sites is 1. The van der Waals surface area contributed by atoms with Crippen LogP contribution in [0.25, 0.3) is 75.1 Å². The number of hydrogen-bond acceptors (Lipinski definition) is 3. The highest BCUT2D eigenvalue weighted by Crippen LogP contribution is 2.50. The minimum atomic E-state index is -0.0260. The Kier molecular flexibility index (Phi) is 6.21. The maximum absolute atomic E-state index is 6.65. The van der Waals surface area contributed by atoms with E-state index in [1.165, 1.54) is 75.1 Å². The van der Waals surface area contributed by atoms with E-state index >= 15 is 0 Å². The number of hydrogen-bond donors (Lipinski definition) is 0. The van der Waals surface area contributed by atoms with Gasteiger partial charge in [-0.25, -0.2) is 0 Å². The van der Waals surface area contributed by atoms with Gasteiger partial charge in [0.1, 0.15) is 11.2 Å². The molecule has 11 rings (SSSR count). The van der Waals surface area contributed by atoms with E-state index in [0.29, 0.717) is 0 Å². The zero-order valence-corrected chi connectivity index (χ0v) is 29.7. The van der Waals surface area contributed by atoms with Gasteiger partial charge in [-0.1, -0.05) is 117 Å². The molecule has 0 N–H and O–H groups in total. The highest BCUT2D eigenvalue weighted by atomic mass is 32.1. The number of furan rings is 1. The van der Waals surface area contributed by atoms with E-state index < -0.39 is 0 Å². The first-order chi connectivity index (χ1) is 25.5. The van der Waals surface area contributed by atoms with Crippen LogP contribution in [0, 0.1) is 0 Å². The summed E-state index contributed by atoms with van der Waals surface area (Å²) in [7, 11) is 0. The topological polar surface area (TPSA) is 16.4 Å². The molecule has 0 radical (unpaired) electrons. The minimum absolute atomic E-state index is 0.0260. The van der Waals surface area contributed by atoms with Gasteiger partial charge in [0.25, 0.3) is 0 Å². The molecule has 1 aliphatic rings. The summed E-state index contributed by atoms with van der Waals surface area (Å²) in [5.74, 6) is 0. The predicted molar refractivity (Wildman–Crippen MR) is 222 cm³/mol. The number of nitrogens with zero attached hydrogens (tertiary/aromatic N) is 1. The molecule has 0 fully saturated rings. The summed E-state index contributed by atoms with van der Waals surface area (Å²) >= 11 is 1.83. The normalized spacial score (nSPS) is 13.3. The van der Waals surface area contributed by atoms with Crippen LogP contribution < -0.4 is 4.90 Å². The summed E-state index contributed by atoms with van der Waals surface area (Å²) in [6.45, 7) is 4.69. The largest absolute Gasteiger partial charge is 0.455 e. The third kappa shape index (κ3) is 4.23. The lowest BCUT2D eigenvalue weighted by atomic mass is 9.81. The van der Waals surface area contributed by atoms with Crippen molar-refractivity contribution in [2.45, 2.75) is 19.3 Å². The van der Waals surface area contributed by atoms with Gasteiger partial charge >= 0.3 is 0 Å². The molecule has 0 atom stereocenters. The first-order valence-corrected chi connectivity index (χ1v) is 18.7. The second kappa shape index (κ2) is 10.9. The van der Waals surface area contributed by atoms with Crippen molar-refractivity contribution in [2.24, 2.45) is 0 Å². The van der Waals surface area contributed by atoms with Gasteiger partial charge in [0, 0.05) is 53.4 Å². The smallest absolute Gasteiger partial charge is 0.144 e. The summed E-state index contributed by atoms with van der Waals surface area (Å²) in [6, 6.07) is 59.8. The van der Waals surface area contributed by atoms with Crippen LogP contribution in [0.5, 0.6) is 0 Å². The zero-order valence-electron chi connectivity index (χ0n) is 28.9. The molecular weight excluding hydrogens is 651 g/mol. The van der Waals surface area contributed by atoms with Crippen LogP contribution in [0.3, 0.4) is 0 Å². The van der Waals surface area contributed by atoms with Crippen molar-refractivity contribution in [2.75, 3.05) is 4.90 Å². The Bertz CT molecular complexity index is 3040. The monoisotopic (exact) mass is 683 g/mol. The molecule has 0 saturated heterocycles. The van der Waals surface area contributed by atoms with Crippen LogP contribution in [0.2, 0.25) is 0 Å². The molecule has 0 aliphatic heterocycles. The van der Waals surface area contributed by atoms with Crippen LogP contribution in [-0.2, 0) is 5.41 Å². The van der Waals surface area contributed by atoms with Crippen molar-refractivity contribution in [3.63, 3.8) is 0 Å². The van der Waals surface area contributed by atoms with Gasteiger partial charge in [0.05, 0.1) is 0 Å². The predicted octanol–water partition coefficient (Wildman–Crippen LogP) is 14.6. The third-order valence-corrected chi connectivity index (χ3v) is 12.4. The van der Waals surface area contributed by atoms with Crippen LogP contribution in [0.1, 0.15) is 25.0 Å². The second-order valence-corrected chi connectivity index (χ2v) is 15.6. The Labute approximate surface area is 305 Å². The fraction of sp³-hybridized carbons (Fsp3) is 0.0612. The van der Waals surface area contributed by atoms with E-state index in [-0.39, 0.29) is 5.41 Å². The van der Waals surface area contributed by atoms with Crippen molar-refractivity contribution in [3.05, 3.63) is 175 Å². The van der Waals surface area contributed by atoms with E-state index in [0.717, 1.165) is 28.2 Å². The second-order valence-electron chi connectivity index (χ2n) is 14.5. The fourth-order valence-corrected chi connectivity index (χ4v) is 9.84. The minimum Gasteiger partial charge on any atom is -0.455 e. The Morgan fingerprint density at radius 3 is 2.08 bits per heavy atom. The maximum Gasteiger partial charge on any atom is 0.144 e. The van der Waals surface area contributed by atoms with Crippen LogP contribution in [0.15, 0.2) is 168 Å². The molecule has 8 aromatic carbocycles. The maximum atomic E-state index is 6.65. The molecule has 246 valence electrons. The molecule has 10 aromatic rings. The van der Waals surface area contributed by atoms with Crippen LogP contribution in [0.4, 0.5) is 17.1 Å². The average molecular weight is 684 g/mol. The van der Waals surface area contributed by atoms with E-state index in [1.807, 2.05) is 11.3 Å². The first-order valence-electron chi connectivity index (χ1n) is 17.9. The summed E-state index contributed by atoms with van der Waals surface area (Å²) in [5.41, 5.74) is 13.2. The molecule has 3 heteroatoms. The van der Waals surface area contributed by atoms with Crippen molar-refractivity contribution < 1.29 is 4.42 Å². The molecule has 0 spiro atoms. The zero-order chi connectivity index (χ0) is 34.6. The Morgan fingerprint density at radius 1 is 0.481 bits per heavy atom. The Morgan fingerprint density at radius 2 is 1.19 bits per heavy atom. The molecule has 0 amide bonds. The SMILES string of the molecule is CC1(C)c2ccccc2-c2ccc(-c3ccc(N(c4ccccc4)c4ccc5c(c4)sc4ccc6c(oc7ccc8ccccc8c76)c45)cc3)cc21. The van der Waals surface area contributed by atoms with Gasteiger partial charge < -0.3 is 9.32 Å². The third-order valence-electron chi connectivity index (χ3n) is 11.3. The highest BCUT2D eigenvalue weighted by Gasteiger charge is 2.35. The number of fused-ring (bicyclic) bond motifs is 12. The summed E-state index contributed by atoms with van der Waals surface area (Å²) in [6.07, 6.45) is 0. The Balaban J connectivity index is 1.01. The fourth-order valence-electron chi connectivity index (χ4n) is 8.70. The molecule has 2 aromatic heterocycles. The number of rotatable bonds is 4. The van der Waals surface area contributed by atoms with Crippen molar-refractivity contribution in [1.82, 2.24) is 0 Å². The van der Waals surface area contributed by atoms with Gasteiger partial charge in [-0.2, -0.15) is 0 Å². The lowest BCUT2D eigenvalue weighted by Gasteiger charge is -2.26. The summed E-state index contributed by atoms with van der Waals surface area (Å²) in [4.78, 5) is 2.36. The lowest BCUT2D eigenvalue weighted by molar-refractivity contribution is 0.660. The first kappa shape index (κ1) is 29.6. The average Bonchev–Trinajstić information content (AvgIpc) is 3.83. The van der Waals surface area contributed by atoms with Crippen molar-refractivity contribution in [3.8, 4) is 22.3 Å². The van der Waals surface area contributed by atoms with E-state index in [2.05, 4.69) is 183 Å². The number of benzene rings is 8. The van der Waals surface area contributed by atoms with Crippen molar-refractivity contribution >= 4 is 81.3 Å². The van der Waals surface area contributed by atoms with E-state index in [1.54, 1.807) is 0 Å². The van der Waals surface area contributed by atoms with Gasteiger partial charge in [0.15, 0.2) is 0 Å². The molecule has 1 aliphatic carbocycles. The lowest BCUT2D eigenvalue weighted by Crippen LogP contribution is -2.14. The quantitative estimate of drug-likeness (QED) is 0.184. The van der Waals surface area contributed by atoms with Crippen molar-refractivity contribution in [1.29, 1.82) is 0 Å². The molecule has 52 heavy (non-hydrogen) atoms. The van der Waals surface area contributed by atoms with Crippen LogP contribution in [-0.4, -0.2) is 0 Å². The van der Waals surface area contributed by atoms with Gasteiger partial charge in [-0.05, 0) is 105 Å². The molecule has 0 saturated carbocycles. The molecular formula is C49H33NOS. The summed E-state index contributed by atoms with van der Waals surface area (Å²) in [5, 5.41) is 7.25. The summed E-state index contributed by atoms with van der Waals surface area (Å²) < 4.78 is 9.13. The van der Waals surface area contributed by atoms with Gasteiger partial charge in [-0.3, -0.25) is 0 Å². The standard InChI is InChI=1S/C49H33NOS/c1-49(2)41-15-9-8-14-37(41)38-23-18-32(28-42(38)49)30-16-20-34(21-17-30)50(33-11-4-3-5-12-33)35-22-24-39-45(29-35)52-44-27-25-40-46-36-13-7-6-10-31(36)19-26-43(46)51-48(40)47(39)44/h3-29H,1-2H3. The van der Waals surface area contributed by atoms with Gasteiger partial charge in [-0.15, -0.1) is 11.3 Å². The van der Waals surface area contributed by atoms with Crippen LogP contribution >= 0.6 is 11.3 Å². The number of thiophene rings is 1. The molecule has 2 heterocycles. The van der Waals surface area contributed by atoms with E-state index in [4.69, 9.17) is 4.42 Å². The molecule has 2 nitrogen and oxygen atoms in total. The number of anilines is 3. The van der Waals surface area contributed by atoms with Gasteiger partial charge in [0.2, 0.25) is 0 Å². The van der Waals surface area contributed by atoms with E-state index in [9.17, 15) is 0 Å². The highest BCUT2D eigenvalue weighted by molar-refractivity contribution is 7.26. The molecule has 0 bridgehead atoms.